The lowest BCUT2D eigenvalue weighted by Crippen LogP contribution is -2.35. The number of nitrogens with two attached hydrogens (primary N) is 1. The minimum atomic E-state index is -3.75. The predicted octanol–water partition coefficient (Wildman–Crippen LogP) is 1.57. The molecular formula is C14H16ClN3O2S. The lowest BCUT2D eigenvalue weighted by molar-refractivity contribution is 0.393. The molecule has 0 heterocycles. The van der Waals surface area contributed by atoms with Gasteiger partial charge < -0.3 is 5.73 Å². The molecule has 0 bridgehead atoms. The van der Waals surface area contributed by atoms with Crippen molar-refractivity contribution < 1.29 is 8.42 Å². The Morgan fingerprint density at radius 3 is 2.67 bits per heavy atom. The van der Waals surface area contributed by atoms with Crippen LogP contribution in [0.1, 0.15) is 18.9 Å². The Bertz CT molecular complexity index is 714. The van der Waals surface area contributed by atoms with Crippen LogP contribution in [-0.4, -0.2) is 32.4 Å². The molecule has 21 heavy (non-hydrogen) atoms. The zero-order valence-electron chi connectivity index (χ0n) is 11.8. The van der Waals surface area contributed by atoms with Crippen LogP contribution in [-0.2, 0) is 10.0 Å². The molecule has 112 valence electrons. The smallest absolute Gasteiger partial charge is 0.244 e. The number of hydrogen-bond acceptors (Lipinski definition) is 4. The van der Waals surface area contributed by atoms with Crippen molar-refractivity contribution in [2.24, 2.45) is 5.73 Å². The van der Waals surface area contributed by atoms with E-state index >= 15 is 0 Å². The van der Waals surface area contributed by atoms with E-state index in [1.807, 2.05) is 6.07 Å². The zero-order chi connectivity index (χ0) is 16.0. The summed E-state index contributed by atoms with van der Waals surface area (Å²) in [5.41, 5.74) is 5.87. The van der Waals surface area contributed by atoms with Gasteiger partial charge in [-0.25, -0.2) is 8.42 Å². The van der Waals surface area contributed by atoms with Crippen LogP contribution >= 0.6 is 11.6 Å². The van der Waals surface area contributed by atoms with Crippen LogP contribution in [0, 0.1) is 23.2 Å². The van der Waals surface area contributed by atoms with Crippen LogP contribution in [0.2, 0.25) is 5.02 Å². The standard InChI is InChI=1S/C14H16ClN3O2S/c1-11(7-9-17)18(2)21(19,20)14-6-5-12(4-3-8-16)10-13(14)15/h5-6,10-11H,7-8,16H2,1-2H3. The summed E-state index contributed by atoms with van der Waals surface area (Å²) in [5, 5.41) is 8.76. The fourth-order valence-electron chi connectivity index (χ4n) is 1.59. The Morgan fingerprint density at radius 2 is 2.14 bits per heavy atom. The molecule has 0 aliphatic heterocycles. The van der Waals surface area contributed by atoms with Crippen LogP contribution in [0.5, 0.6) is 0 Å². The highest BCUT2D eigenvalue weighted by molar-refractivity contribution is 7.89. The summed E-state index contributed by atoms with van der Waals surface area (Å²) in [4.78, 5) is -0.00486. The Hall–Kier alpha value is -1.57. The summed E-state index contributed by atoms with van der Waals surface area (Å²) in [6, 6.07) is 5.98. The second-order valence-corrected chi connectivity index (χ2v) is 6.76. The van der Waals surface area contributed by atoms with Crippen molar-refractivity contribution in [2.75, 3.05) is 13.6 Å². The first-order valence-electron chi connectivity index (χ1n) is 6.18. The van der Waals surface area contributed by atoms with E-state index in [2.05, 4.69) is 11.8 Å². The highest BCUT2D eigenvalue weighted by atomic mass is 35.5. The molecule has 1 unspecified atom stereocenters. The highest BCUT2D eigenvalue weighted by Gasteiger charge is 2.27. The lowest BCUT2D eigenvalue weighted by Gasteiger charge is -2.22. The third kappa shape index (κ3) is 4.20. The lowest BCUT2D eigenvalue weighted by atomic mass is 10.2. The van der Waals surface area contributed by atoms with Crippen molar-refractivity contribution in [2.45, 2.75) is 24.3 Å². The van der Waals surface area contributed by atoms with Crippen molar-refractivity contribution in [1.82, 2.24) is 4.31 Å². The van der Waals surface area contributed by atoms with E-state index in [1.54, 1.807) is 13.0 Å². The molecule has 0 aliphatic rings. The Balaban J connectivity index is 3.18. The summed E-state index contributed by atoms with van der Waals surface area (Å²) in [6.45, 7) is 1.88. The SMILES string of the molecule is CC(CC#N)N(C)S(=O)(=O)c1ccc(C#CCN)cc1Cl. The Morgan fingerprint density at radius 1 is 1.48 bits per heavy atom. The maximum absolute atomic E-state index is 12.5. The van der Waals surface area contributed by atoms with Crippen LogP contribution in [0.25, 0.3) is 0 Å². The van der Waals surface area contributed by atoms with E-state index in [1.165, 1.54) is 19.2 Å². The van der Waals surface area contributed by atoms with Crippen LogP contribution < -0.4 is 5.73 Å². The molecule has 1 aromatic carbocycles. The fourth-order valence-corrected chi connectivity index (χ4v) is 3.47. The molecule has 2 N–H and O–H groups in total. The fraction of sp³-hybridized carbons (Fsp3) is 0.357. The third-order valence-electron chi connectivity index (χ3n) is 2.93. The minimum Gasteiger partial charge on any atom is -0.320 e. The van der Waals surface area contributed by atoms with E-state index in [0.717, 1.165) is 4.31 Å². The molecule has 1 aromatic rings. The van der Waals surface area contributed by atoms with Crippen LogP contribution in [0.3, 0.4) is 0 Å². The van der Waals surface area contributed by atoms with Gasteiger partial charge >= 0.3 is 0 Å². The molecule has 0 saturated heterocycles. The van der Waals surface area contributed by atoms with Gasteiger partial charge in [-0.1, -0.05) is 23.4 Å². The van der Waals surface area contributed by atoms with Gasteiger partial charge in [-0.2, -0.15) is 9.57 Å². The van der Waals surface area contributed by atoms with Crippen LogP contribution in [0.4, 0.5) is 0 Å². The normalized spacial score (nSPS) is 12.4. The summed E-state index contributed by atoms with van der Waals surface area (Å²) in [6.07, 6.45) is 0.105. The number of benzene rings is 1. The van der Waals surface area contributed by atoms with E-state index in [9.17, 15) is 8.42 Å². The van der Waals surface area contributed by atoms with E-state index in [-0.39, 0.29) is 22.9 Å². The Labute approximate surface area is 130 Å². The van der Waals surface area contributed by atoms with Gasteiger partial charge in [-0.15, -0.1) is 0 Å². The van der Waals surface area contributed by atoms with E-state index < -0.39 is 16.1 Å². The maximum atomic E-state index is 12.5. The van der Waals surface area contributed by atoms with Crippen molar-refractivity contribution in [1.29, 1.82) is 5.26 Å². The molecule has 1 rings (SSSR count). The predicted molar refractivity (Wildman–Crippen MR) is 82.0 cm³/mol. The quantitative estimate of drug-likeness (QED) is 0.851. The number of nitrogens with zero attached hydrogens (tertiary/aromatic N) is 2. The summed E-state index contributed by atoms with van der Waals surface area (Å²) >= 11 is 6.05. The molecule has 0 aliphatic carbocycles. The topological polar surface area (TPSA) is 87.2 Å². The van der Waals surface area contributed by atoms with Gasteiger partial charge in [-0.05, 0) is 25.1 Å². The molecular weight excluding hydrogens is 310 g/mol. The largest absolute Gasteiger partial charge is 0.320 e. The molecule has 5 nitrogen and oxygen atoms in total. The Kier molecular flexibility index (Phi) is 6.19. The van der Waals surface area contributed by atoms with Gasteiger partial charge in [0.15, 0.2) is 0 Å². The van der Waals surface area contributed by atoms with E-state index in [0.29, 0.717) is 5.56 Å². The summed E-state index contributed by atoms with van der Waals surface area (Å²) < 4.78 is 26.1. The van der Waals surface area contributed by atoms with Gasteiger partial charge in [0.1, 0.15) is 4.90 Å². The van der Waals surface area contributed by atoms with Gasteiger partial charge in [0.05, 0.1) is 24.1 Å². The van der Waals surface area contributed by atoms with Gasteiger partial charge in [0, 0.05) is 18.7 Å². The molecule has 0 saturated carbocycles. The molecule has 0 radical (unpaired) electrons. The molecule has 1 atom stereocenters. The van der Waals surface area contributed by atoms with Crippen molar-refractivity contribution in [3.8, 4) is 17.9 Å². The molecule has 7 heteroatoms. The molecule has 0 amide bonds. The zero-order valence-corrected chi connectivity index (χ0v) is 13.4. The number of sulfonamides is 1. The average molecular weight is 326 g/mol. The number of hydrogen-bond donors (Lipinski definition) is 1. The molecule has 0 fully saturated rings. The molecule has 0 spiro atoms. The molecule has 0 aromatic heterocycles. The van der Waals surface area contributed by atoms with Crippen molar-refractivity contribution in [3.05, 3.63) is 28.8 Å². The second kappa shape index (κ2) is 7.44. The first-order chi connectivity index (χ1) is 9.84. The summed E-state index contributed by atoms with van der Waals surface area (Å²) in [7, 11) is -2.32. The third-order valence-corrected chi connectivity index (χ3v) is 5.39. The monoisotopic (exact) mass is 325 g/mol. The summed E-state index contributed by atoms with van der Waals surface area (Å²) in [5.74, 6) is 5.46. The maximum Gasteiger partial charge on any atom is 0.244 e. The van der Waals surface area contributed by atoms with Gasteiger partial charge in [-0.3, -0.25) is 0 Å². The highest BCUT2D eigenvalue weighted by Crippen LogP contribution is 2.26. The first kappa shape index (κ1) is 17.5. The first-order valence-corrected chi connectivity index (χ1v) is 8.00. The van der Waals surface area contributed by atoms with Gasteiger partial charge in [0.2, 0.25) is 10.0 Å². The van der Waals surface area contributed by atoms with Crippen LogP contribution in [0.15, 0.2) is 23.1 Å². The second-order valence-electron chi connectivity index (χ2n) is 4.38. The van der Waals surface area contributed by atoms with Crippen molar-refractivity contribution in [3.63, 3.8) is 0 Å². The number of nitriles is 1. The van der Waals surface area contributed by atoms with E-state index in [4.69, 9.17) is 22.6 Å². The average Bonchev–Trinajstić information content (AvgIpc) is 2.44. The number of halogens is 1. The number of rotatable bonds is 4. The minimum absolute atomic E-state index is 0.00486. The van der Waals surface area contributed by atoms with Gasteiger partial charge in [0.25, 0.3) is 0 Å². The van der Waals surface area contributed by atoms with Crippen molar-refractivity contribution >= 4 is 21.6 Å².